The van der Waals surface area contributed by atoms with Crippen LogP contribution in [0.4, 0.5) is 0 Å². The highest BCUT2D eigenvalue weighted by Gasteiger charge is 2.63. The largest absolute Gasteiger partial charge is 0.462 e. The maximum Gasteiger partial charge on any atom is 0.309 e. The SMILES string of the molecule is CC(C)(C)C.CC(C)C.CC1(C)CCCC1.CC1(C)CCCCC1.CC1CCC(C)CC1.CCC.CCC(C)C.CCC(C)CC.CCCC.CCCC(C)C.CCCC(C)C.CCCCC.CCCCCC.C[C@@H]1C2OC(=O)C3C2CC1[C@H]3C.C[C@@H]1CC[C@H](C)C1. The molecule has 0 spiro atoms. The van der Waals surface area contributed by atoms with Gasteiger partial charge in [-0.25, -0.2) is 0 Å². The second kappa shape index (κ2) is 71.7. The van der Waals surface area contributed by atoms with E-state index in [1.54, 1.807) is 0 Å². The number of esters is 1. The molecule has 0 amide bonds. The number of rotatable bonds is 13. The van der Waals surface area contributed by atoms with Gasteiger partial charge in [-0.15, -0.1) is 0 Å². The molecule has 6 saturated carbocycles. The minimum absolute atomic E-state index is 0.0874. The molecular formula is C90H194O2. The number of hydrogen-bond acceptors (Lipinski definition) is 2. The lowest BCUT2D eigenvalue weighted by Gasteiger charge is -2.28. The van der Waals surface area contributed by atoms with Gasteiger partial charge in [-0.2, -0.15) is 0 Å². The smallest absolute Gasteiger partial charge is 0.309 e. The molecule has 8 atom stereocenters. The zero-order valence-corrected chi connectivity index (χ0v) is 72.5. The average Bonchev–Trinajstić information content (AvgIpc) is 1.57. The van der Waals surface area contributed by atoms with Crippen molar-refractivity contribution in [2.75, 3.05) is 0 Å². The molecule has 566 valence electrons. The molecule has 6 aliphatic carbocycles. The van der Waals surface area contributed by atoms with Crippen LogP contribution in [0.5, 0.6) is 0 Å². The van der Waals surface area contributed by atoms with Crippen molar-refractivity contribution in [2.24, 2.45) is 99.1 Å². The van der Waals surface area contributed by atoms with Gasteiger partial charge in [0.15, 0.2) is 0 Å². The van der Waals surface area contributed by atoms with E-state index in [0.29, 0.717) is 34.0 Å². The summed E-state index contributed by atoms with van der Waals surface area (Å²) in [4.78, 5) is 11.4. The highest BCUT2D eigenvalue weighted by Crippen LogP contribution is 2.60. The molecule has 1 aliphatic heterocycles. The quantitative estimate of drug-likeness (QED) is 0.136. The summed E-state index contributed by atoms with van der Waals surface area (Å²) in [6, 6.07) is 0. The third-order valence-corrected chi connectivity index (χ3v) is 18.9. The van der Waals surface area contributed by atoms with Gasteiger partial charge in [0.2, 0.25) is 0 Å². The lowest BCUT2D eigenvalue weighted by atomic mass is 9.76. The zero-order chi connectivity index (χ0) is 73.5. The summed E-state index contributed by atoms with van der Waals surface area (Å²) in [6.07, 6.45) is 47.9. The fraction of sp³-hybridized carbons (Fsp3) is 0.989. The molecule has 7 fully saturated rings. The minimum Gasteiger partial charge on any atom is -0.462 e. The van der Waals surface area contributed by atoms with E-state index >= 15 is 0 Å². The van der Waals surface area contributed by atoms with Crippen molar-refractivity contribution in [3.8, 4) is 0 Å². The maximum absolute atomic E-state index is 11.4. The number of ether oxygens (including phenoxy) is 1. The molecule has 2 bridgehead atoms. The molecule has 1 heterocycles. The Bertz CT molecular complexity index is 1310. The Morgan fingerprint density at radius 2 is 0.696 bits per heavy atom. The first kappa shape index (κ1) is 107. The monoisotopic (exact) mass is 1310 g/mol. The normalized spacial score (nSPS) is 24.3. The first-order valence-electron chi connectivity index (χ1n) is 41.9. The second-order valence-corrected chi connectivity index (χ2v) is 35.8. The minimum atomic E-state index is 0.0874. The van der Waals surface area contributed by atoms with Gasteiger partial charge in [0.25, 0.3) is 0 Å². The Morgan fingerprint density at radius 1 is 0.402 bits per heavy atom. The molecule has 2 nitrogen and oxygen atoms in total. The van der Waals surface area contributed by atoms with Crippen LogP contribution < -0.4 is 0 Å². The molecule has 4 unspecified atom stereocenters. The van der Waals surface area contributed by atoms with E-state index in [2.05, 4.69) is 256 Å². The average molecular weight is 1310 g/mol. The zero-order valence-electron chi connectivity index (χ0n) is 72.5. The Hall–Kier alpha value is -0.530. The van der Waals surface area contributed by atoms with Gasteiger partial charge in [0, 0.05) is 5.92 Å². The molecule has 7 rings (SSSR count). The number of hydrogen-bond donors (Lipinski definition) is 0. The fourth-order valence-electron chi connectivity index (χ4n) is 11.9. The summed E-state index contributed by atoms with van der Waals surface area (Å²) in [5.74, 6) is 11.4. The van der Waals surface area contributed by atoms with Crippen LogP contribution in [0.2, 0.25) is 0 Å². The van der Waals surface area contributed by atoms with E-state index in [1.807, 2.05) is 0 Å². The van der Waals surface area contributed by atoms with E-state index in [9.17, 15) is 4.79 Å². The molecule has 7 aliphatic rings. The van der Waals surface area contributed by atoms with Gasteiger partial charge < -0.3 is 4.74 Å². The molecule has 0 aromatic rings. The van der Waals surface area contributed by atoms with Crippen molar-refractivity contribution >= 4 is 5.97 Å². The van der Waals surface area contributed by atoms with Crippen LogP contribution in [0.15, 0.2) is 0 Å². The van der Waals surface area contributed by atoms with Gasteiger partial charge in [0.1, 0.15) is 6.10 Å². The Morgan fingerprint density at radius 3 is 0.848 bits per heavy atom. The molecule has 0 radical (unpaired) electrons. The lowest BCUT2D eigenvalue weighted by Crippen LogP contribution is -2.30. The molecule has 2 heteroatoms. The molecular weight excluding hydrogens is 1110 g/mol. The van der Waals surface area contributed by atoms with Crippen LogP contribution in [0.3, 0.4) is 0 Å². The summed E-state index contributed by atoms with van der Waals surface area (Å²) in [5, 5.41) is 0. The second-order valence-electron chi connectivity index (χ2n) is 35.8. The molecule has 0 aromatic heterocycles. The molecule has 0 N–H and O–H groups in total. The van der Waals surface area contributed by atoms with Crippen LogP contribution in [0.1, 0.15) is 474 Å². The number of unbranched alkanes of at least 4 members (excludes halogenated alkanes) is 6. The summed E-state index contributed by atoms with van der Waals surface area (Å²) in [5.41, 5.74) is 1.87. The summed E-state index contributed by atoms with van der Waals surface area (Å²) in [6.45, 7) is 83.0. The lowest BCUT2D eigenvalue weighted by molar-refractivity contribution is -0.144. The third kappa shape index (κ3) is 83.7. The van der Waals surface area contributed by atoms with Crippen LogP contribution in [-0.4, -0.2) is 12.1 Å². The van der Waals surface area contributed by atoms with E-state index in [-0.39, 0.29) is 18.0 Å². The predicted molar refractivity (Wildman–Crippen MR) is 433 cm³/mol. The first-order valence-corrected chi connectivity index (χ1v) is 41.9. The third-order valence-electron chi connectivity index (χ3n) is 18.9. The van der Waals surface area contributed by atoms with Crippen molar-refractivity contribution in [1.82, 2.24) is 0 Å². The van der Waals surface area contributed by atoms with E-state index in [4.69, 9.17) is 4.74 Å². The van der Waals surface area contributed by atoms with Crippen LogP contribution in [0, 0.1) is 99.1 Å². The van der Waals surface area contributed by atoms with Crippen molar-refractivity contribution in [1.29, 1.82) is 0 Å². The summed E-state index contributed by atoms with van der Waals surface area (Å²) >= 11 is 0. The standard InChI is InChI=1S/C10H14O2.2C8H16.2C7H14.4C6H14.3C5H12.2C4H10.C3H8/c1-4-6-3-7-8(4)10(11)12-9(7)5(6)2;1-7-3-5-8(2)6-4-7;1-8(2)6-4-3-5-7-8;1-6-3-4-7(2)5-6;1-7(2)5-3-4-6-7;2*1-4-5-6(2)3;1-4-6(3)5-2;1-3-5-6-4-2;1-5(2,3)4;1-4-5(2)3;1-3-5-4-2;1-4(2)3;1-3-4-2;1-3-2/h4-9H,3H2,1-2H3;7-8H,3-6H2,1-2H3;3-7H2,1-2H3;6-7H,3-5H2,1-2H3;3-6H2,1-2H3;3*6H,4-5H2,1-3H3;3-6H2,1-2H3;1-4H3;5H,4H2,1-3H3;3-5H2,1-2H3;4H,1-3H3;3-4H2,1-2H3;3H2,1-2H3/t4-,5+,6?,7?,8?,9?;;;6-,7+;;;;;;;;;;;/m1............../s1. The summed E-state index contributed by atoms with van der Waals surface area (Å²) < 4.78 is 5.38. The topological polar surface area (TPSA) is 26.3 Å². The van der Waals surface area contributed by atoms with E-state index < -0.39 is 0 Å². The fourth-order valence-corrected chi connectivity index (χ4v) is 11.9. The van der Waals surface area contributed by atoms with Crippen molar-refractivity contribution in [2.45, 2.75) is 481 Å². The highest BCUT2D eigenvalue weighted by atomic mass is 16.6. The Labute approximate surface area is 592 Å². The van der Waals surface area contributed by atoms with E-state index in [1.165, 1.54) is 218 Å². The van der Waals surface area contributed by atoms with Gasteiger partial charge in [-0.3, -0.25) is 4.79 Å². The van der Waals surface area contributed by atoms with Gasteiger partial charge >= 0.3 is 5.97 Å². The number of carbonyl (C=O) groups excluding carboxylic acids is 1. The van der Waals surface area contributed by atoms with Crippen molar-refractivity contribution < 1.29 is 9.53 Å². The van der Waals surface area contributed by atoms with Gasteiger partial charge in [-0.05, 0) is 126 Å². The molecule has 92 heavy (non-hydrogen) atoms. The van der Waals surface area contributed by atoms with Crippen LogP contribution >= 0.6 is 0 Å². The molecule has 1 saturated heterocycles. The van der Waals surface area contributed by atoms with Crippen LogP contribution in [-0.2, 0) is 9.53 Å². The predicted octanol–water partition coefficient (Wildman–Crippen LogP) is 33.4. The Balaban J connectivity index is -0.000000139. The molecule has 0 aromatic carbocycles. The van der Waals surface area contributed by atoms with Gasteiger partial charge in [0.05, 0.1) is 5.92 Å². The van der Waals surface area contributed by atoms with Crippen LogP contribution in [0.25, 0.3) is 0 Å². The Kier molecular flexibility index (Phi) is 83.8. The maximum atomic E-state index is 11.4. The number of fused-ring (bicyclic) bond motifs is 1. The number of carbonyl (C=O) groups is 1. The first-order chi connectivity index (χ1) is 42.7. The highest BCUT2D eigenvalue weighted by molar-refractivity contribution is 5.77. The van der Waals surface area contributed by atoms with Crippen molar-refractivity contribution in [3.63, 3.8) is 0 Å². The van der Waals surface area contributed by atoms with E-state index in [0.717, 1.165) is 59.2 Å². The van der Waals surface area contributed by atoms with Gasteiger partial charge in [-0.1, -0.05) is 436 Å². The van der Waals surface area contributed by atoms with Crippen molar-refractivity contribution in [3.05, 3.63) is 0 Å². The summed E-state index contributed by atoms with van der Waals surface area (Å²) in [7, 11) is 0.